The minimum Gasteiger partial charge on any atom is -0.493 e. The highest BCUT2D eigenvalue weighted by atomic mass is 35.5. The Balaban J connectivity index is 0.00000240. The van der Waals surface area contributed by atoms with Gasteiger partial charge >= 0.3 is 0 Å². The molecule has 0 bridgehead atoms. The van der Waals surface area contributed by atoms with Crippen molar-refractivity contribution in [3.05, 3.63) is 65.2 Å². The fourth-order valence-corrected chi connectivity index (χ4v) is 4.58. The summed E-state index contributed by atoms with van der Waals surface area (Å²) in [6.07, 6.45) is 6.58. The van der Waals surface area contributed by atoms with Gasteiger partial charge in [-0.15, -0.1) is 12.4 Å². The molecular formula is C24H30ClNO3. The van der Waals surface area contributed by atoms with Gasteiger partial charge in [0.05, 0.1) is 14.2 Å². The topological polar surface area (TPSA) is 30.9 Å². The van der Waals surface area contributed by atoms with E-state index in [1.54, 1.807) is 14.2 Å². The van der Waals surface area contributed by atoms with Gasteiger partial charge in [-0.2, -0.15) is 0 Å². The summed E-state index contributed by atoms with van der Waals surface area (Å²) in [4.78, 5) is 2.54. The van der Waals surface area contributed by atoms with Gasteiger partial charge in [0.15, 0.2) is 11.5 Å². The Morgan fingerprint density at radius 2 is 1.72 bits per heavy atom. The van der Waals surface area contributed by atoms with E-state index in [2.05, 4.69) is 59.5 Å². The van der Waals surface area contributed by atoms with Crippen LogP contribution in [0.1, 0.15) is 29.5 Å². The molecule has 0 aromatic heterocycles. The Hall–Kier alpha value is -2.01. The van der Waals surface area contributed by atoms with Gasteiger partial charge in [0.1, 0.15) is 0 Å². The van der Waals surface area contributed by atoms with Gasteiger partial charge in [-0.1, -0.05) is 42.5 Å². The van der Waals surface area contributed by atoms with Crippen LogP contribution in [0, 0.1) is 0 Å². The molecule has 156 valence electrons. The molecule has 4 nitrogen and oxygen atoms in total. The van der Waals surface area contributed by atoms with Crippen molar-refractivity contribution in [3.8, 4) is 11.5 Å². The second kappa shape index (κ2) is 9.66. The second-order valence-corrected chi connectivity index (χ2v) is 7.74. The van der Waals surface area contributed by atoms with Crippen molar-refractivity contribution in [1.82, 2.24) is 4.90 Å². The van der Waals surface area contributed by atoms with Crippen LogP contribution in [0.3, 0.4) is 0 Å². The van der Waals surface area contributed by atoms with Crippen LogP contribution in [0.2, 0.25) is 0 Å². The fraction of sp³-hybridized carbons (Fsp3) is 0.417. The first-order chi connectivity index (χ1) is 13.7. The minimum atomic E-state index is 0. The molecule has 2 aromatic carbocycles. The van der Waals surface area contributed by atoms with Crippen LogP contribution in [0.5, 0.6) is 11.5 Å². The highest BCUT2D eigenvalue weighted by Crippen LogP contribution is 2.45. The lowest BCUT2D eigenvalue weighted by molar-refractivity contribution is 0.0278. The normalized spacial score (nSPS) is 18.3. The largest absolute Gasteiger partial charge is 0.493 e. The number of fused-ring (bicyclic) bond motifs is 2. The molecule has 0 saturated carbocycles. The lowest BCUT2D eigenvalue weighted by atomic mass is 9.70. The molecule has 4 rings (SSSR count). The van der Waals surface area contributed by atoms with Crippen LogP contribution in [-0.2, 0) is 16.7 Å². The van der Waals surface area contributed by atoms with Gasteiger partial charge in [-0.25, -0.2) is 0 Å². The Morgan fingerprint density at radius 3 is 2.41 bits per heavy atom. The number of benzene rings is 2. The van der Waals surface area contributed by atoms with Crippen molar-refractivity contribution in [2.45, 2.75) is 24.8 Å². The molecule has 5 heteroatoms. The van der Waals surface area contributed by atoms with E-state index in [9.17, 15) is 0 Å². The van der Waals surface area contributed by atoms with Gasteiger partial charge in [0.25, 0.3) is 0 Å². The lowest BCUT2D eigenvalue weighted by Gasteiger charge is -2.46. The maximum atomic E-state index is 5.70. The third-order valence-corrected chi connectivity index (χ3v) is 6.02. The number of ether oxygens (including phenoxy) is 3. The van der Waals surface area contributed by atoms with Gasteiger partial charge < -0.3 is 14.2 Å². The Labute approximate surface area is 179 Å². The summed E-state index contributed by atoms with van der Waals surface area (Å²) in [6.45, 7) is 4.56. The Bertz CT molecular complexity index is 832. The summed E-state index contributed by atoms with van der Waals surface area (Å²) in [6, 6.07) is 14.9. The van der Waals surface area contributed by atoms with Crippen LogP contribution in [0.4, 0.5) is 0 Å². The standard InChI is InChI=1S/C24H29NO3.ClH/c1-26-22-15-20-17-25(12-6-9-19-7-4-3-5-8-19)18-24(10-13-28-14-11-24)21(20)16-23(22)27-2;/h3-9,15-16H,10-14,17-18H2,1-2H3;1H. The third-order valence-electron chi connectivity index (χ3n) is 6.02. The Kier molecular flexibility index (Phi) is 7.23. The zero-order valence-electron chi connectivity index (χ0n) is 17.2. The predicted octanol–water partition coefficient (Wildman–Crippen LogP) is 4.70. The smallest absolute Gasteiger partial charge is 0.161 e. The zero-order valence-corrected chi connectivity index (χ0v) is 18.0. The number of methoxy groups -OCH3 is 2. The maximum absolute atomic E-state index is 5.70. The fourth-order valence-electron chi connectivity index (χ4n) is 4.58. The van der Waals surface area contributed by atoms with E-state index in [0.29, 0.717) is 0 Å². The summed E-state index contributed by atoms with van der Waals surface area (Å²) >= 11 is 0. The lowest BCUT2D eigenvalue weighted by Crippen LogP contribution is -2.48. The first kappa shape index (κ1) is 21.7. The first-order valence-electron chi connectivity index (χ1n) is 10.0. The molecule has 29 heavy (non-hydrogen) atoms. The highest BCUT2D eigenvalue weighted by molar-refractivity contribution is 5.85. The van der Waals surface area contributed by atoms with Crippen molar-refractivity contribution in [1.29, 1.82) is 0 Å². The van der Waals surface area contributed by atoms with E-state index in [4.69, 9.17) is 14.2 Å². The molecule has 0 amide bonds. The highest BCUT2D eigenvalue weighted by Gasteiger charge is 2.41. The van der Waals surface area contributed by atoms with E-state index in [-0.39, 0.29) is 17.8 Å². The summed E-state index contributed by atoms with van der Waals surface area (Å²) in [5.41, 5.74) is 4.13. The van der Waals surface area contributed by atoms with Crippen molar-refractivity contribution in [3.63, 3.8) is 0 Å². The number of nitrogens with zero attached hydrogens (tertiary/aromatic N) is 1. The van der Waals surface area contributed by atoms with E-state index in [0.717, 1.165) is 57.2 Å². The predicted molar refractivity (Wildman–Crippen MR) is 119 cm³/mol. The van der Waals surface area contributed by atoms with Crippen LogP contribution >= 0.6 is 12.4 Å². The van der Waals surface area contributed by atoms with Crippen molar-refractivity contribution < 1.29 is 14.2 Å². The van der Waals surface area contributed by atoms with Crippen LogP contribution < -0.4 is 9.47 Å². The van der Waals surface area contributed by atoms with Gasteiger partial charge in [-0.05, 0) is 41.7 Å². The monoisotopic (exact) mass is 415 g/mol. The molecule has 2 aliphatic heterocycles. The number of rotatable bonds is 5. The minimum absolute atomic E-state index is 0. The van der Waals surface area contributed by atoms with E-state index in [1.165, 1.54) is 16.7 Å². The van der Waals surface area contributed by atoms with Crippen LogP contribution in [0.25, 0.3) is 6.08 Å². The van der Waals surface area contributed by atoms with Crippen LogP contribution in [0.15, 0.2) is 48.5 Å². The van der Waals surface area contributed by atoms with Gasteiger partial charge in [-0.3, -0.25) is 4.90 Å². The average Bonchev–Trinajstić information content (AvgIpc) is 2.74. The first-order valence-corrected chi connectivity index (χ1v) is 10.0. The average molecular weight is 416 g/mol. The number of hydrogen-bond acceptors (Lipinski definition) is 4. The van der Waals surface area contributed by atoms with E-state index >= 15 is 0 Å². The SMILES string of the molecule is COc1cc2c(cc1OC)C1(CCOCC1)CN(CC=Cc1ccccc1)C2.Cl. The summed E-state index contributed by atoms with van der Waals surface area (Å²) in [7, 11) is 3.42. The summed E-state index contributed by atoms with van der Waals surface area (Å²) in [5, 5.41) is 0. The molecule has 2 heterocycles. The van der Waals surface area contributed by atoms with Crippen molar-refractivity contribution in [2.75, 3.05) is 40.5 Å². The third kappa shape index (κ3) is 4.61. The maximum Gasteiger partial charge on any atom is 0.161 e. The van der Waals surface area contributed by atoms with Crippen LogP contribution in [-0.4, -0.2) is 45.4 Å². The Morgan fingerprint density at radius 1 is 1.03 bits per heavy atom. The van der Waals surface area contributed by atoms with Gasteiger partial charge in [0, 0.05) is 38.3 Å². The molecule has 1 fully saturated rings. The molecule has 0 unspecified atom stereocenters. The van der Waals surface area contributed by atoms with E-state index < -0.39 is 0 Å². The molecule has 0 N–H and O–H groups in total. The van der Waals surface area contributed by atoms with Crippen molar-refractivity contribution in [2.24, 2.45) is 0 Å². The molecule has 1 saturated heterocycles. The second-order valence-electron chi connectivity index (χ2n) is 7.74. The molecule has 2 aromatic rings. The molecule has 2 aliphatic rings. The van der Waals surface area contributed by atoms with E-state index in [1.807, 2.05) is 0 Å². The number of hydrogen-bond donors (Lipinski definition) is 0. The van der Waals surface area contributed by atoms with Gasteiger partial charge in [0.2, 0.25) is 0 Å². The molecule has 1 spiro atoms. The molecule has 0 aliphatic carbocycles. The number of halogens is 1. The molecule has 0 radical (unpaired) electrons. The summed E-state index contributed by atoms with van der Waals surface area (Å²) in [5.74, 6) is 1.63. The summed E-state index contributed by atoms with van der Waals surface area (Å²) < 4.78 is 16.9. The van der Waals surface area contributed by atoms with Crippen molar-refractivity contribution >= 4 is 18.5 Å². The molecular weight excluding hydrogens is 386 g/mol. The molecule has 0 atom stereocenters. The quantitative estimate of drug-likeness (QED) is 0.708. The zero-order chi connectivity index (χ0) is 19.4.